The lowest BCUT2D eigenvalue weighted by molar-refractivity contribution is 1.14. The molecule has 0 aromatic heterocycles. The van der Waals surface area contributed by atoms with Crippen molar-refractivity contribution in [2.45, 2.75) is 13.3 Å². The maximum Gasteiger partial charge on any atom is 0.0130 e. The second-order valence-electron chi connectivity index (χ2n) is 3.52. The number of hydrogen-bond donors (Lipinski definition) is 0. The summed E-state index contributed by atoms with van der Waals surface area (Å²) in [4.78, 5) is 0. The molecule has 0 aliphatic heterocycles. The Morgan fingerprint density at radius 2 is 1.60 bits per heavy atom. The van der Waals surface area contributed by atoms with Crippen LogP contribution in [0.3, 0.4) is 0 Å². The smallest absolute Gasteiger partial charge is 0.0130 e. The van der Waals surface area contributed by atoms with Crippen molar-refractivity contribution in [3.05, 3.63) is 57.7 Å². The molecule has 2 aromatic carbocycles. The fourth-order valence-corrected chi connectivity index (χ4v) is 2.10. The number of hydrogen-bond acceptors (Lipinski definition) is 0. The maximum absolute atomic E-state index is 2.33. The summed E-state index contributed by atoms with van der Waals surface area (Å²) in [6.07, 6.45) is 1.09. The summed E-state index contributed by atoms with van der Waals surface area (Å²) in [5.74, 6) is 0. The first kappa shape index (κ1) is 10.7. The zero-order chi connectivity index (χ0) is 10.7. The van der Waals surface area contributed by atoms with Crippen LogP contribution in [0.4, 0.5) is 0 Å². The minimum atomic E-state index is 1.09. The monoisotopic (exact) mass is 308 g/mol. The van der Waals surface area contributed by atoms with Crippen molar-refractivity contribution in [2.75, 3.05) is 0 Å². The molecule has 0 N–H and O–H groups in total. The number of halogens is 1. The van der Waals surface area contributed by atoms with Gasteiger partial charge in [0.05, 0.1) is 0 Å². The van der Waals surface area contributed by atoms with Crippen LogP contribution in [0.2, 0.25) is 0 Å². The van der Waals surface area contributed by atoms with Crippen LogP contribution < -0.4 is 0 Å². The van der Waals surface area contributed by atoms with Crippen molar-refractivity contribution in [3.63, 3.8) is 0 Å². The molecule has 0 spiro atoms. The zero-order valence-corrected chi connectivity index (χ0v) is 10.9. The van der Waals surface area contributed by atoms with Gasteiger partial charge in [-0.2, -0.15) is 0 Å². The molecule has 0 fully saturated rings. The largest absolute Gasteiger partial charge is 0.0620 e. The van der Waals surface area contributed by atoms with Gasteiger partial charge in [0.2, 0.25) is 0 Å². The molecule has 2 aromatic rings. The Morgan fingerprint density at radius 3 is 2.27 bits per heavy atom. The van der Waals surface area contributed by atoms with Gasteiger partial charge >= 0.3 is 0 Å². The van der Waals surface area contributed by atoms with Gasteiger partial charge in [0.1, 0.15) is 0 Å². The second kappa shape index (κ2) is 4.79. The third kappa shape index (κ3) is 2.40. The summed E-state index contributed by atoms with van der Waals surface area (Å²) < 4.78 is 1.28. The van der Waals surface area contributed by atoms with Gasteiger partial charge < -0.3 is 0 Å². The molecule has 0 nitrogen and oxygen atoms in total. The Bertz CT molecular complexity index is 443. The molecule has 0 bridgehead atoms. The summed E-state index contributed by atoms with van der Waals surface area (Å²) in [5.41, 5.74) is 4.09. The number of aryl methyl sites for hydroxylation is 1. The standard InChI is InChI=1S/C14H13I/c1-2-11-5-3-4-6-14(11)12-7-9-13(15)10-8-12/h3-10H,2H2,1H3. The molecule has 1 heteroatoms. The molecule has 0 radical (unpaired) electrons. The Kier molecular flexibility index (Phi) is 3.41. The van der Waals surface area contributed by atoms with Gasteiger partial charge in [-0.3, -0.25) is 0 Å². The van der Waals surface area contributed by atoms with E-state index in [1.165, 1.54) is 20.3 Å². The third-order valence-corrected chi connectivity index (χ3v) is 3.27. The van der Waals surface area contributed by atoms with E-state index in [1.54, 1.807) is 0 Å². The Balaban J connectivity index is 2.49. The first-order valence-electron chi connectivity index (χ1n) is 5.15. The molecule has 15 heavy (non-hydrogen) atoms. The van der Waals surface area contributed by atoms with Crippen LogP contribution in [0, 0.1) is 3.57 Å². The highest BCUT2D eigenvalue weighted by atomic mass is 127. The van der Waals surface area contributed by atoms with Crippen molar-refractivity contribution < 1.29 is 0 Å². The van der Waals surface area contributed by atoms with Gasteiger partial charge in [-0.15, -0.1) is 0 Å². The van der Waals surface area contributed by atoms with Gasteiger partial charge in [0.25, 0.3) is 0 Å². The molecule has 76 valence electrons. The fraction of sp³-hybridized carbons (Fsp3) is 0.143. The molecule has 0 unspecified atom stereocenters. The van der Waals surface area contributed by atoms with Crippen LogP contribution in [-0.4, -0.2) is 0 Å². The van der Waals surface area contributed by atoms with Crippen LogP contribution in [0.1, 0.15) is 12.5 Å². The van der Waals surface area contributed by atoms with Crippen LogP contribution in [0.5, 0.6) is 0 Å². The highest BCUT2D eigenvalue weighted by Crippen LogP contribution is 2.24. The molecule has 0 aliphatic rings. The maximum atomic E-state index is 2.33. The van der Waals surface area contributed by atoms with E-state index in [0.29, 0.717) is 0 Å². The van der Waals surface area contributed by atoms with Crippen LogP contribution in [0.25, 0.3) is 11.1 Å². The Morgan fingerprint density at radius 1 is 0.933 bits per heavy atom. The van der Waals surface area contributed by atoms with E-state index >= 15 is 0 Å². The number of rotatable bonds is 2. The van der Waals surface area contributed by atoms with Crippen LogP contribution in [-0.2, 0) is 6.42 Å². The molecule has 0 amide bonds. The average Bonchev–Trinajstić information content (AvgIpc) is 2.30. The van der Waals surface area contributed by atoms with Crippen LogP contribution in [0.15, 0.2) is 48.5 Å². The Hall–Kier alpha value is -0.830. The predicted molar refractivity (Wildman–Crippen MR) is 74.0 cm³/mol. The van der Waals surface area contributed by atoms with E-state index in [0.717, 1.165) is 6.42 Å². The SMILES string of the molecule is CCc1ccccc1-c1ccc(I)cc1. The van der Waals surface area contributed by atoms with Crippen LogP contribution >= 0.6 is 22.6 Å². The summed E-state index contributed by atoms with van der Waals surface area (Å²) in [5, 5.41) is 0. The van der Waals surface area contributed by atoms with Gasteiger partial charge in [-0.1, -0.05) is 43.3 Å². The topological polar surface area (TPSA) is 0 Å². The fourth-order valence-electron chi connectivity index (χ4n) is 1.74. The minimum Gasteiger partial charge on any atom is -0.0620 e. The molecule has 0 atom stereocenters. The van der Waals surface area contributed by atoms with E-state index in [9.17, 15) is 0 Å². The van der Waals surface area contributed by atoms with E-state index in [-0.39, 0.29) is 0 Å². The molecular formula is C14H13I. The van der Waals surface area contributed by atoms with Crippen molar-refractivity contribution in [3.8, 4) is 11.1 Å². The molecule has 0 heterocycles. The van der Waals surface area contributed by atoms with Crippen molar-refractivity contribution in [1.29, 1.82) is 0 Å². The zero-order valence-electron chi connectivity index (χ0n) is 8.70. The lowest BCUT2D eigenvalue weighted by atomic mass is 9.98. The van der Waals surface area contributed by atoms with E-state index in [1.807, 2.05) is 0 Å². The summed E-state index contributed by atoms with van der Waals surface area (Å²) >= 11 is 2.33. The van der Waals surface area contributed by atoms with Gasteiger partial charge in [-0.25, -0.2) is 0 Å². The lowest BCUT2D eigenvalue weighted by Gasteiger charge is -2.07. The average molecular weight is 308 g/mol. The normalized spacial score (nSPS) is 10.3. The van der Waals surface area contributed by atoms with E-state index in [2.05, 4.69) is 78.0 Å². The molecule has 0 saturated heterocycles. The highest BCUT2D eigenvalue weighted by Gasteiger charge is 2.01. The molecule has 0 saturated carbocycles. The van der Waals surface area contributed by atoms with Gasteiger partial charge in [0, 0.05) is 3.57 Å². The molecular weight excluding hydrogens is 295 g/mol. The van der Waals surface area contributed by atoms with Crippen molar-refractivity contribution >= 4 is 22.6 Å². The van der Waals surface area contributed by atoms with Crippen molar-refractivity contribution in [2.24, 2.45) is 0 Å². The highest BCUT2D eigenvalue weighted by molar-refractivity contribution is 14.1. The van der Waals surface area contributed by atoms with Crippen molar-refractivity contribution in [1.82, 2.24) is 0 Å². The Labute approximate surface area is 104 Å². The van der Waals surface area contributed by atoms with Gasteiger partial charge in [-0.05, 0) is 57.8 Å². The summed E-state index contributed by atoms with van der Waals surface area (Å²) in [7, 11) is 0. The second-order valence-corrected chi connectivity index (χ2v) is 4.76. The van der Waals surface area contributed by atoms with E-state index < -0.39 is 0 Å². The molecule has 0 aliphatic carbocycles. The van der Waals surface area contributed by atoms with E-state index in [4.69, 9.17) is 0 Å². The minimum absolute atomic E-state index is 1.09. The number of benzene rings is 2. The molecule has 2 rings (SSSR count). The first-order chi connectivity index (χ1) is 7.31. The van der Waals surface area contributed by atoms with Gasteiger partial charge in [0.15, 0.2) is 0 Å². The lowest BCUT2D eigenvalue weighted by Crippen LogP contribution is -1.86. The predicted octanol–water partition coefficient (Wildman–Crippen LogP) is 4.52. The third-order valence-electron chi connectivity index (χ3n) is 2.55. The summed E-state index contributed by atoms with van der Waals surface area (Å²) in [6.45, 7) is 2.20. The summed E-state index contributed by atoms with van der Waals surface area (Å²) in [6, 6.07) is 17.3. The quantitative estimate of drug-likeness (QED) is 0.716. The first-order valence-corrected chi connectivity index (χ1v) is 6.23.